The summed E-state index contributed by atoms with van der Waals surface area (Å²) in [5, 5.41) is 8.22. The molecule has 1 aliphatic rings. The third-order valence-electron chi connectivity index (χ3n) is 1.36. The summed E-state index contributed by atoms with van der Waals surface area (Å²) in [5.41, 5.74) is 0. The first-order valence-electron chi connectivity index (χ1n) is 2.65. The van der Waals surface area contributed by atoms with Gasteiger partial charge in [0.25, 0.3) is 0 Å². The number of nitrogens with zero attached hydrogens (tertiary/aromatic N) is 1. The lowest BCUT2D eigenvalue weighted by Crippen LogP contribution is -1.98. The Morgan fingerprint density at radius 3 is 2.38 bits per heavy atom. The SMILES string of the molecule is N#CC([C]=O)C1CC1. The number of nitriles is 1. The van der Waals surface area contributed by atoms with Crippen LogP contribution in [0.5, 0.6) is 0 Å². The van der Waals surface area contributed by atoms with E-state index in [1.807, 2.05) is 6.07 Å². The van der Waals surface area contributed by atoms with Gasteiger partial charge in [0, 0.05) is 0 Å². The van der Waals surface area contributed by atoms with Crippen LogP contribution >= 0.6 is 0 Å². The molecule has 1 atom stereocenters. The normalized spacial score (nSPS) is 21.4. The minimum absolute atomic E-state index is 0.345. The molecule has 2 nitrogen and oxygen atoms in total. The minimum atomic E-state index is -0.435. The smallest absolute Gasteiger partial charge is 0.217 e. The average molecular weight is 108 g/mol. The topological polar surface area (TPSA) is 40.9 Å². The number of hydrogen-bond acceptors (Lipinski definition) is 2. The van der Waals surface area contributed by atoms with Gasteiger partial charge in [0.2, 0.25) is 6.29 Å². The van der Waals surface area contributed by atoms with Gasteiger partial charge in [-0.05, 0) is 18.8 Å². The average Bonchev–Trinajstić information content (AvgIpc) is 2.53. The molecule has 0 spiro atoms. The summed E-state index contributed by atoms with van der Waals surface area (Å²) >= 11 is 0. The van der Waals surface area contributed by atoms with E-state index in [0.29, 0.717) is 5.92 Å². The molecule has 1 radical (unpaired) electrons. The predicted octanol–water partition coefficient (Wildman–Crippen LogP) is 0.646. The summed E-state index contributed by atoms with van der Waals surface area (Å²) in [7, 11) is 0. The van der Waals surface area contributed by atoms with Crippen molar-refractivity contribution in [3.63, 3.8) is 0 Å². The van der Waals surface area contributed by atoms with E-state index in [1.54, 1.807) is 6.29 Å². The Labute approximate surface area is 48.1 Å². The monoisotopic (exact) mass is 108 g/mol. The summed E-state index contributed by atoms with van der Waals surface area (Å²) in [6, 6.07) is 1.89. The Bertz CT molecular complexity index is 132. The van der Waals surface area contributed by atoms with Crippen molar-refractivity contribution >= 4 is 6.29 Å². The fourth-order valence-corrected chi connectivity index (χ4v) is 0.658. The van der Waals surface area contributed by atoms with E-state index >= 15 is 0 Å². The van der Waals surface area contributed by atoms with Crippen molar-refractivity contribution in [2.24, 2.45) is 11.8 Å². The first-order valence-corrected chi connectivity index (χ1v) is 2.65. The van der Waals surface area contributed by atoms with E-state index < -0.39 is 5.92 Å². The molecule has 0 bridgehead atoms. The zero-order chi connectivity index (χ0) is 5.98. The summed E-state index contributed by atoms with van der Waals surface area (Å²) in [4.78, 5) is 9.87. The van der Waals surface area contributed by atoms with Crippen molar-refractivity contribution in [2.45, 2.75) is 12.8 Å². The van der Waals surface area contributed by atoms with Crippen LogP contribution < -0.4 is 0 Å². The highest BCUT2D eigenvalue weighted by Gasteiger charge is 2.31. The van der Waals surface area contributed by atoms with Crippen LogP contribution in [-0.2, 0) is 4.79 Å². The second-order valence-electron chi connectivity index (χ2n) is 2.06. The van der Waals surface area contributed by atoms with Gasteiger partial charge < -0.3 is 0 Å². The molecule has 1 saturated carbocycles. The molecule has 0 aromatic carbocycles. The lowest BCUT2D eigenvalue weighted by atomic mass is 10.1. The highest BCUT2D eigenvalue weighted by Crippen LogP contribution is 2.35. The maximum atomic E-state index is 9.87. The second-order valence-corrected chi connectivity index (χ2v) is 2.06. The van der Waals surface area contributed by atoms with E-state index in [4.69, 9.17) is 5.26 Å². The van der Waals surface area contributed by atoms with Crippen LogP contribution in [0.25, 0.3) is 0 Å². The molecule has 0 aliphatic heterocycles. The third-order valence-corrected chi connectivity index (χ3v) is 1.36. The van der Waals surface area contributed by atoms with Crippen LogP contribution in [-0.4, -0.2) is 6.29 Å². The molecule has 0 N–H and O–H groups in total. The maximum absolute atomic E-state index is 9.87. The van der Waals surface area contributed by atoms with Crippen LogP contribution in [0.1, 0.15) is 12.8 Å². The molecule has 41 valence electrons. The van der Waals surface area contributed by atoms with Crippen LogP contribution in [0.4, 0.5) is 0 Å². The molecule has 1 aliphatic carbocycles. The molecule has 8 heavy (non-hydrogen) atoms. The highest BCUT2D eigenvalue weighted by atomic mass is 16.1. The van der Waals surface area contributed by atoms with Gasteiger partial charge in [-0.25, -0.2) is 0 Å². The molecule has 0 aromatic rings. The van der Waals surface area contributed by atoms with Gasteiger partial charge >= 0.3 is 0 Å². The van der Waals surface area contributed by atoms with Gasteiger partial charge in [0.15, 0.2) is 0 Å². The third kappa shape index (κ3) is 0.865. The molecule has 1 unspecified atom stereocenters. The lowest BCUT2D eigenvalue weighted by molar-refractivity contribution is 0.529. The lowest BCUT2D eigenvalue weighted by Gasteiger charge is -1.88. The van der Waals surface area contributed by atoms with Crippen molar-refractivity contribution in [3.8, 4) is 6.07 Å². The first kappa shape index (κ1) is 5.30. The molecule has 1 rings (SSSR count). The van der Waals surface area contributed by atoms with Crippen LogP contribution in [0.15, 0.2) is 0 Å². The Morgan fingerprint density at radius 1 is 1.62 bits per heavy atom. The summed E-state index contributed by atoms with van der Waals surface area (Å²) in [5.74, 6) is -0.0903. The van der Waals surface area contributed by atoms with Gasteiger partial charge in [-0.15, -0.1) is 0 Å². The van der Waals surface area contributed by atoms with Crippen molar-refractivity contribution in [2.75, 3.05) is 0 Å². The molecule has 0 saturated heterocycles. The van der Waals surface area contributed by atoms with Gasteiger partial charge in [-0.2, -0.15) is 5.26 Å². The van der Waals surface area contributed by atoms with Gasteiger partial charge in [-0.3, -0.25) is 4.79 Å². The molecule has 0 amide bonds. The minimum Gasteiger partial charge on any atom is -0.289 e. The first-order chi connectivity index (χ1) is 3.88. The molecule has 1 fully saturated rings. The van der Waals surface area contributed by atoms with Crippen LogP contribution in [0.2, 0.25) is 0 Å². The zero-order valence-electron chi connectivity index (χ0n) is 4.42. The molecule has 2 heteroatoms. The van der Waals surface area contributed by atoms with Gasteiger partial charge in [0.05, 0.1) is 6.07 Å². The van der Waals surface area contributed by atoms with E-state index in [2.05, 4.69) is 0 Å². The Balaban J connectivity index is 2.39. The highest BCUT2D eigenvalue weighted by molar-refractivity contribution is 5.59. The number of carbonyl (C=O) groups excluding carboxylic acids is 1. The van der Waals surface area contributed by atoms with E-state index in [9.17, 15) is 4.79 Å². The molecular weight excluding hydrogens is 102 g/mol. The molecule has 0 aromatic heterocycles. The fourth-order valence-electron chi connectivity index (χ4n) is 0.658. The summed E-state index contributed by atoms with van der Waals surface area (Å²) in [6.07, 6.45) is 3.77. The Morgan fingerprint density at radius 2 is 2.25 bits per heavy atom. The number of rotatable bonds is 2. The predicted molar refractivity (Wildman–Crippen MR) is 27.5 cm³/mol. The van der Waals surface area contributed by atoms with Crippen molar-refractivity contribution < 1.29 is 4.79 Å². The maximum Gasteiger partial charge on any atom is 0.217 e. The largest absolute Gasteiger partial charge is 0.289 e. The second kappa shape index (κ2) is 1.95. The van der Waals surface area contributed by atoms with E-state index in [-0.39, 0.29) is 0 Å². The quantitative estimate of drug-likeness (QED) is 0.521. The van der Waals surface area contributed by atoms with Crippen LogP contribution in [0.3, 0.4) is 0 Å². The summed E-state index contributed by atoms with van der Waals surface area (Å²) in [6.45, 7) is 0. The van der Waals surface area contributed by atoms with Gasteiger partial charge in [0.1, 0.15) is 5.92 Å². The molecular formula is C6H6NO. The summed E-state index contributed by atoms with van der Waals surface area (Å²) < 4.78 is 0. The van der Waals surface area contributed by atoms with Crippen molar-refractivity contribution in [3.05, 3.63) is 0 Å². The van der Waals surface area contributed by atoms with Crippen molar-refractivity contribution in [1.82, 2.24) is 0 Å². The number of hydrogen-bond donors (Lipinski definition) is 0. The molecule has 0 heterocycles. The Kier molecular flexibility index (Phi) is 1.29. The zero-order valence-corrected chi connectivity index (χ0v) is 4.42. The van der Waals surface area contributed by atoms with E-state index in [0.717, 1.165) is 12.8 Å². The fraction of sp³-hybridized carbons (Fsp3) is 0.667. The standard InChI is InChI=1S/C6H6NO/c7-3-6(4-8)5-1-2-5/h5-6H,1-2H2. The van der Waals surface area contributed by atoms with Gasteiger partial charge in [-0.1, -0.05) is 0 Å². The van der Waals surface area contributed by atoms with Crippen LogP contribution in [0, 0.1) is 23.2 Å². The Hall–Kier alpha value is -0.840. The van der Waals surface area contributed by atoms with Crippen molar-refractivity contribution in [1.29, 1.82) is 5.26 Å². The van der Waals surface area contributed by atoms with E-state index in [1.165, 1.54) is 0 Å².